The number of hydrogen-bond donors (Lipinski definition) is 3. The fourth-order valence-electron chi connectivity index (χ4n) is 2.85. The molecule has 0 amide bonds. The number of hydrogen-bond acceptors (Lipinski definition) is 5. The number of benzene rings is 2. The van der Waals surface area contributed by atoms with Gasteiger partial charge in [0.1, 0.15) is 11.3 Å². The normalized spacial score (nSPS) is 12.1. The molecule has 0 radical (unpaired) electrons. The van der Waals surface area contributed by atoms with Crippen molar-refractivity contribution in [2.45, 2.75) is 6.10 Å². The number of halogens is 1. The molecule has 134 valence electrons. The fourth-order valence-corrected chi connectivity index (χ4v) is 2.85. The van der Waals surface area contributed by atoms with Gasteiger partial charge in [0.15, 0.2) is 5.76 Å². The lowest BCUT2D eigenvalue weighted by Crippen LogP contribution is -2.23. The molecule has 0 saturated heterocycles. The molecule has 0 spiro atoms. The fraction of sp³-hybridized carbons (Fsp3) is 0.150. The third-order valence-electron chi connectivity index (χ3n) is 4.13. The Morgan fingerprint density at radius 3 is 2.62 bits per heavy atom. The Hall–Kier alpha value is -2.60. The second-order valence-corrected chi connectivity index (χ2v) is 5.94. The van der Waals surface area contributed by atoms with E-state index in [2.05, 4.69) is 5.32 Å². The Morgan fingerprint density at radius 2 is 1.81 bits per heavy atom. The lowest BCUT2D eigenvalue weighted by molar-refractivity contribution is 0.105. The maximum atomic E-state index is 9.63. The number of aromatic nitrogens is 1. The van der Waals surface area contributed by atoms with Gasteiger partial charge in [0.2, 0.25) is 0 Å². The van der Waals surface area contributed by atoms with E-state index in [1.807, 2.05) is 60.7 Å². The largest absolute Gasteiger partial charge is 0.454 e. The monoisotopic (exact) mass is 370 g/mol. The van der Waals surface area contributed by atoms with E-state index in [0.717, 1.165) is 33.3 Å². The van der Waals surface area contributed by atoms with Crippen LogP contribution in [0.1, 0.15) is 0 Å². The third-order valence-corrected chi connectivity index (χ3v) is 4.13. The van der Waals surface area contributed by atoms with Gasteiger partial charge in [-0.1, -0.05) is 36.4 Å². The van der Waals surface area contributed by atoms with E-state index in [4.69, 9.17) is 14.5 Å². The predicted molar refractivity (Wildman–Crippen MR) is 106 cm³/mol. The molecule has 6 heteroatoms. The summed E-state index contributed by atoms with van der Waals surface area (Å²) in [4.78, 5) is 4.70. The Morgan fingerprint density at radius 1 is 1.04 bits per heavy atom. The van der Waals surface area contributed by atoms with E-state index >= 15 is 0 Å². The molecule has 0 aliphatic carbocycles. The molecule has 4 aromatic rings. The van der Waals surface area contributed by atoms with Gasteiger partial charge in [-0.05, 0) is 24.3 Å². The number of pyridine rings is 1. The molecule has 1 unspecified atom stereocenters. The molecule has 2 aromatic heterocycles. The van der Waals surface area contributed by atoms with Gasteiger partial charge in [-0.25, -0.2) is 4.98 Å². The lowest BCUT2D eigenvalue weighted by atomic mass is 10.1. The number of para-hydroxylation sites is 2. The highest BCUT2D eigenvalue weighted by Crippen LogP contribution is 2.31. The van der Waals surface area contributed by atoms with Crippen molar-refractivity contribution >= 4 is 40.0 Å². The SMILES string of the molecule is Cl.OCC(O)CNc1cc(-c2cc3ccccc3o2)nc2ccccc12. The van der Waals surface area contributed by atoms with Gasteiger partial charge in [-0.2, -0.15) is 0 Å². The van der Waals surface area contributed by atoms with E-state index in [0.29, 0.717) is 5.76 Å². The van der Waals surface area contributed by atoms with Crippen LogP contribution in [0, 0.1) is 0 Å². The van der Waals surface area contributed by atoms with Crippen molar-refractivity contribution in [1.82, 2.24) is 4.98 Å². The second-order valence-electron chi connectivity index (χ2n) is 5.94. The topological polar surface area (TPSA) is 78.5 Å². The highest BCUT2D eigenvalue weighted by atomic mass is 35.5. The first kappa shape index (κ1) is 18.2. The smallest absolute Gasteiger partial charge is 0.153 e. The molecule has 2 aromatic carbocycles. The van der Waals surface area contributed by atoms with Gasteiger partial charge in [-0.3, -0.25) is 0 Å². The zero-order valence-corrected chi connectivity index (χ0v) is 14.7. The van der Waals surface area contributed by atoms with Crippen LogP contribution < -0.4 is 5.32 Å². The molecule has 26 heavy (non-hydrogen) atoms. The van der Waals surface area contributed by atoms with Crippen LogP contribution in [0.15, 0.2) is 65.1 Å². The Kier molecular flexibility index (Phi) is 5.42. The van der Waals surface area contributed by atoms with Gasteiger partial charge in [0.25, 0.3) is 0 Å². The van der Waals surface area contributed by atoms with Crippen LogP contribution in [0.25, 0.3) is 33.3 Å². The Labute approximate surface area is 156 Å². The summed E-state index contributed by atoms with van der Waals surface area (Å²) in [6, 6.07) is 19.5. The number of furan rings is 1. The molecule has 5 nitrogen and oxygen atoms in total. The molecule has 4 rings (SSSR count). The van der Waals surface area contributed by atoms with Crippen LogP contribution in [0.4, 0.5) is 5.69 Å². The summed E-state index contributed by atoms with van der Waals surface area (Å²) in [6.07, 6.45) is -0.818. The van der Waals surface area contributed by atoms with Crippen molar-refractivity contribution in [3.05, 3.63) is 60.7 Å². The molecule has 1 atom stereocenters. The number of rotatable bonds is 5. The average Bonchev–Trinajstić information content (AvgIpc) is 3.09. The summed E-state index contributed by atoms with van der Waals surface area (Å²) < 4.78 is 5.93. The summed E-state index contributed by atoms with van der Waals surface area (Å²) in [7, 11) is 0. The van der Waals surface area contributed by atoms with E-state index in [1.54, 1.807) is 0 Å². The molecular formula is C20H19ClN2O3. The lowest BCUT2D eigenvalue weighted by Gasteiger charge is -2.13. The number of nitrogens with zero attached hydrogens (tertiary/aromatic N) is 1. The molecule has 0 fully saturated rings. The van der Waals surface area contributed by atoms with Crippen molar-refractivity contribution in [1.29, 1.82) is 0 Å². The first-order chi connectivity index (χ1) is 12.2. The van der Waals surface area contributed by atoms with Crippen LogP contribution in [-0.2, 0) is 0 Å². The summed E-state index contributed by atoms with van der Waals surface area (Å²) in [6.45, 7) is -0.0312. The summed E-state index contributed by atoms with van der Waals surface area (Å²) >= 11 is 0. The maximum Gasteiger partial charge on any atom is 0.153 e. The molecule has 0 saturated carbocycles. The third kappa shape index (κ3) is 3.51. The van der Waals surface area contributed by atoms with Crippen LogP contribution in [-0.4, -0.2) is 34.5 Å². The predicted octanol–water partition coefficient (Wildman–Crippen LogP) is 3.83. The highest BCUT2D eigenvalue weighted by molar-refractivity contribution is 5.94. The summed E-state index contributed by atoms with van der Waals surface area (Å²) in [5, 5.41) is 23.8. The zero-order chi connectivity index (χ0) is 17.2. The Bertz CT molecular complexity index is 999. The molecule has 0 aliphatic heterocycles. The first-order valence-electron chi connectivity index (χ1n) is 8.16. The zero-order valence-electron chi connectivity index (χ0n) is 13.9. The van der Waals surface area contributed by atoms with Gasteiger partial charge in [-0.15, -0.1) is 12.4 Å². The van der Waals surface area contributed by atoms with Crippen LogP contribution in [0.2, 0.25) is 0 Å². The van der Waals surface area contributed by atoms with Crippen LogP contribution in [0.3, 0.4) is 0 Å². The van der Waals surface area contributed by atoms with Crippen molar-refractivity contribution in [3.8, 4) is 11.5 Å². The number of aliphatic hydroxyl groups excluding tert-OH is 2. The van der Waals surface area contributed by atoms with Crippen molar-refractivity contribution < 1.29 is 14.6 Å². The van der Waals surface area contributed by atoms with Crippen molar-refractivity contribution in [2.75, 3.05) is 18.5 Å². The Balaban J connectivity index is 0.00000196. The van der Waals surface area contributed by atoms with Gasteiger partial charge in [0.05, 0.1) is 18.2 Å². The first-order valence-corrected chi connectivity index (χ1v) is 8.16. The van der Waals surface area contributed by atoms with Gasteiger partial charge >= 0.3 is 0 Å². The maximum absolute atomic E-state index is 9.63. The summed E-state index contributed by atoms with van der Waals surface area (Å²) in [5.41, 5.74) is 3.21. The quantitative estimate of drug-likeness (QED) is 0.497. The molecule has 3 N–H and O–H groups in total. The van der Waals surface area contributed by atoms with E-state index < -0.39 is 6.10 Å². The van der Waals surface area contributed by atoms with Crippen LogP contribution >= 0.6 is 12.4 Å². The van der Waals surface area contributed by atoms with Gasteiger partial charge < -0.3 is 19.9 Å². The number of anilines is 1. The van der Waals surface area contributed by atoms with E-state index in [1.165, 1.54) is 0 Å². The number of nitrogens with one attached hydrogen (secondary N) is 1. The highest BCUT2D eigenvalue weighted by Gasteiger charge is 2.12. The molecule has 0 bridgehead atoms. The average molecular weight is 371 g/mol. The molecule has 2 heterocycles. The van der Waals surface area contributed by atoms with Crippen LogP contribution in [0.5, 0.6) is 0 Å². The minimum absolute atomic E-state index is 0. The second kappa shape index (κ2) is 7.74. The van der Waals surface area contributed by atoms with Gasteiger partial charge in [0, 0.05) is 23.0 Å². The molecule has 0 aliphatic rings. The molecular weight excluding hydrogens is 352 g/mol. The minimum Gasteiger partial charge on any atom is -0.454 e. The number of aliphatic hydroxyl groups is 2. The summed E-state index contributed by atoms with van der Waals surface area (Å²) in [5.74, 6) is 0.692. The van der Waals surface area contributed by atoms with E-state index in [9.17, 15) is 5.11 Å². The van der Waals surface area contributed by atoms with E-state index in [-0.39, 0.29) is 25.6 Å². The van der Waals surface area contributed by atoms with Crippen molar-refractivity contribution in [2.24, 2.45) is 0 Å². The number of fused-ring (bicyclic) bond motifs is 2. The minimum atomic E-state index is -0.818. The van der Waals surface area contributed by atoms with Crippen molar-refractivity contribution in [3.63, 3.8) is 0 Å². The standard InChI is InChI=1S/C20H18N2O3.ClH/c23-12-14(24)11-21-17-10-18(22-16-7-3-2-6-15(16)17)20-9-13-5-1-4-8-19(13)25-20;/h1-10,14,23-24H,11-12H2,(H,21,22);1H.